The number of hydrogen-bond acceptors (Lipinski definition) is 7. The highest BCUT2D eigenvalue weighted by atomic mass is 32.2. The Kier molecular flexibility index (Phi) is 6.26. The van der Waals surface area contributed by atoms with Gasteiger partial charge in [0.05, 0.1) is 10.6 Å². The zero-order valence-corrected chi connectivity index (χ0v) is 20.9. The third kappa shape index (κ3) is 4.76. The molecule has 2 aromatic carbocycles. The molecule has 0 aliphatic carbocycles. The molecule has 3 aromatic rings. The zero-order chi connectivity index (χ0) is 24.6. The molecule has 0 saturated carbocycles. The lowest BCUT2D eigenvalue weighted by molar-refractivity contribution is -0.116. The van der Waals surface area contributed by atoms with Crippen molar-refractivity contribution in [2.24, 2.45) is 0 Å². The lowest BCUT2D eigenvalue weighted by atomic mass is 10.0. The summed E-state index contributed by atoms with van der Waals surface area (Å²) in [4.78, 5) is 17.6. The smallest absolute Gasteiger partial charge is 0.261 e. The zero-order valence-electron chi connectivity index (χ0n) is 18.5. The number of carbonyl (C=O) groups is 1. The summed E-state index contributed by atoms with van der Waals surface area (Å²) in [6, 6.07) is 15.1. The number of carbonyl (C=O) groups excluding carboxylic acids is 1. The first-order chi connectivity index (χ1) is 16.7. The number of aryl methyl sites for hydroxylation is 1. The molecule has 0 bridgehead atoms. The number of fused-ring (bicyclic) bond motifs is 1. The van der Waals surface area contributed by atoms with E-state index in [1.807, 2.05) is 12.1 Å². The predicted molar refractivity (Wildman–Crippen MR) is 139 cm³/mol. The van der Waals surface area contributed by atoms with E-state index in [1.165, 1.54) is 17.8 Å². The fourth-order valence-electron chi connectivity index (χ4n) is 4.12. The lowest BCUT2D eigenvalue weighted by Crippen LogP contribution is -2.44. The van der Waals surface area contributed by atoms with Gasteiger partial charge in [0.25, 0.3) is 10.0 Å². The number of benzene rings is 2. The predicted octanol–water partition coefficient (Wildman–Crippen LogP) is 3.45. The summed E-state index contributed by atoms with van der Waals surface area (Å²) in [6.07, 6.45) is 4.24. The number of thioether (sulfide) groups is 1. The van der Waals surface area contributed by atoms with E-state index >= 15 is 0 Å². The molecule has 180 valence electrons. The molecular weight excluding hydrogens is 504 g/mol. The van der Waals surface area contributed by atoms with Crippen LogP contribution in [0.1, 0.15) is 23.1 Å². The molecule has 0 spiro atoms. The third-order valence-corrected chi connectivity index (χ3v) is 8.98. The molecule has 35 heavy (non-hydrogen) atoms. The van der Waals surface area contributed by atoms with Crippen LogP contribution in [0.4, 0.5) is 11.4 Å². The number of sulfonamides is 1. The van der Waals surface area contributed by atoms with Gasteiger partial charge in [-0.15, -0.1) is 0 Å². The third-order valence-electron chi connectivity index (χ3n) is 6.01. The molecule has 1 aromatic heterocycles. The molecule has 5 rings (SSSR count). The molecule has 11 heteroatoms. The van der Waals surface area contributed by atoms with E-state index < -0.39 is 15.7 Å². The van der Waals surface area contributed by atoms with Gasteiger partial charge in [0.15, 0.2) is 5.72 Å². The number of pyridine rings is 1. The number of nitrogens with one attached hydrogen (secondary N) is 2. The summed E-state index contributed by atoms with van der Waals surface area (Å²) in [5.74, 6) is 0.288. The summed E-state index contributed by atoms with van der Waals surface area (Å²) in [7, 11) is -3.84. The maximum atomic E-state index is 13.0. The van der Waals surface area contributed by atoms with Gasteiger partial charge in [0, 0.05) is 42.3 Å². The first-order valence-corrected chi connectivity index (χ1v) is 13.7. The van der Waals surface area contributed by atoms with E-state index in [4.69, 9.17) is 12.2 Å². The van der Waals surface area contributed by atoms with Crippen LogP contribution >= 0.6 is 24.0 Å². The minimum atomic E-state index is -3.84. The van der Waals surface area contributed by atoms with Gasteiger partial charge < -0.3 is 15.3 Å². The average molecular weight is 527 g/mol. The van der Waals surface area contributed by atoms with Crippen LogP contribution in [0.25, 0.3) is 0 Å². The van der Waals surface area contributed by atoms with Crippen molar-refractivity contribution in [1.82, 2.24) is 9.88 Å². The molecule has 8 nitrogen and oxygen atoms in total. The Bertz CT molecular complexity index is 1400. The quantitative estimate of drug-likeness (QED) is 0.419. The number of aliphatic hydroxyl groups is 1. The molecule has 1 saturated heterocycles. The van der Waals surface area contributed by atoms with Gasteiger partial charge >= 0.3 is 0 Å². The van der Waals surface area contributed by atoms with Crippen LogP contribution in [-0.4, -0.2) is 39.4 Å². The minimum absolute atomic E-state index is 0.0756. The topological polar surface area (TPSA) is 112 Å². The largest absolute Gasteiger partial charge is 0.366 e. The average Bonchev–Trinajstić information content (AvgIpc) is 3.14. The lowest BCUT2D eigenvalue weighted by Gasteiger charge is -2.34. The number of thiocarbonyl (C=S) groups is 1. The Hall–Kier alpha value is -2.99. The molecule has 0 radical (unpaired) electrons. The van der Waals surface area contributed by atoms with Crippen LogP contribution in [0.2, 0.25) is 0 Å². The first kappa shape index (κ1) is 23.7. The Morgan fingerprint density at radius 2 is 1.97 bits per heavy atom. The fraction of sp³-hybridized carbons (Fsp3) is 0.208. The van der Waals surface area contributed by atoms with E-state index in [-0.39, 0.29) is 10.8 Å². The van der Waals surface area contributed by atoms with Gasteiger partial charge in [-0.1, -0.05) is 42.2 Å². The van der Waals surface area contributed by atoms with Crippen LogP contribution in [0, 0.1) is 0 Å². The van der Waals surface area contributed by atoms with Gasteiger partial charge in [-0.05, 0) is 53.9 Å². The van der Waals surface area contributed by atoms with Crippen molar-refractivity contribution in [3.63, 3.8) is 0 Å². The second-order valence-corrected chi connectivity index (χ2v) is 11.7. The maximum absolute atomic E-state index is 13.0. The highest BCUT2D eigenvalue weighted by Gasteiger charge is 2.44. The van der Waals surface area contributed by atoms with Crippen LogP contribution in [-0.2, 0) is 33.5 Å². The van der Waals surface area contributed by atoms with Crippen LogP contribution < -0.4 is 10.0 Å². The van der Waals surface area contributed by atoms with Crippen molar-refractivity contribution < 1.29 is 18.3 Å². The van der Waals surface area contributed by atoms with Gasteiger partial charge in [-0.3, -0.25) is 14.5 Å². The van der Waals surface area contributed by atoms with Crippen LogP contribution in [0.5, 0.6) is 0 Å². The van der Waals surface area contributed by atoms with Crippen LogP contribution in [0.3, 0.4) is 0 Å². The summed E-state index contributed by atoms with van der Waals surface area (Å²) >= 11 is 6.88. The summed E-state index contributed by atoms with van der Waals surface area (Å²) < 4.78 is 29.1. The van der Waals surface area contributed by atoms with Crippen molar-refractivity contribution in [2.45, 2.75) is 30.0 Å². The molecule has 3 N–H and O–H groups in total. The summed E-state index contributed by atoms with van der Waals surface area (Å²) in [6.45, 7) is 0.406. The fourth-order valence-corrected chi connectivity index (χ4v) is 6.64. The molecule has 2 aliphatic rings. The van der Waals surface area contributed by atoms with Crippen molar-refractivity contribution in [1.29, 1.82) is 0 Å². The number of hydrogen-bond donors (Lipinski definition) is 3. The Morgan fingerprint density at radius 3 is 2.71 bits per heavy atom. The Labute approximate surface area is 212 Å². The van der Waals surface area contributed by atoms with Gasteiger partial charge in [-0.2, -0.15) is 0 Å². The van der Waals surface area contributed by atoms with Gasteiger partial charge in [-0.25, -0.2) is 8.42 Å². The van der Waals surface area contributed by atoms with Crippen LogP contribution in [0.15, 0.2) is 71.9 Å². The van der Waals surface area contributed by atoms with E-state index in [0.717, 1.165) is 11.1 Å². The SMILES string of the molecule is O=C1CCc2cc(S(=O)(=O)Nc3ccc(C4(O)CSC(=S)N4Cc4cccnc4)cc3)ccc2N1. The van der Waals surface area contributed by atoms with Crippen molar-refractivity contribution in [2.75, 3.05) is 15.8 Å². The second kappa shape index (κ2) is 9.23. The summed E-state index contributed by atoms with van der Waals surface area (Å²) in [5, 5.41) is 14.3. The van der Waals surface area contributed by atoms with Crippen molar-refractivity contribution >= 4 is 55.6 Å². The molecular formula is C24H22N4O4S3. The Morgan fingerprint density at radius 1 is 1.17 bits per heavy atom. The molecule has 1 unspecified atom stereocenters. The molecule has 2 aliphatic heterocycles. The minimum Gasteiger partial charge on any atom is -0.366 e. The first-order valence-electron chi connectivity index (χ1n) is 10.9. The number of aromatic nitrogens is 1. The van der Waals surface area contributed by atoms with E-state index in [1.54, 1.807) is 53.7 Å². The van der Waals surface area contributed by atoms with Crippen molar-refractivity contribution in [3.05, 3.63) is 83.7 Å². The highest BCUT2D eigenvalue weighted by molar-refractivity contribution is 8.23. The van der Waals surface area contributed by atoms with E-state index in [2.05, 4.69) is 15.0 Å². The monoisotopic (exact) mass is 526 g/mol. The number of nitrogens with zero attached hydrogens (tertiary/aromatic N) is 2. The number of amides is 1. The summed E-state index contributed by atoms with van der Waals surface area (Å²) in [5.41, 5.74) is 2.01. The van der Waals surface area contributed by atoms with Gasteiger partial charge in [0.1, 0.15) is 4.32 Å². The molecule has 1 atom stereocenters. The standard InChI is InChI=1S/C24H22N4O4S3/c29-22-10-3-17-12-20(8-9-21(17)26-22)35(31,32)27-19-6-4-18(5-7-19)24(30)15-34-23(33)28(24)14-16-2-1-11-25-13-16/h1-2,4-9,11-13,27,30H,3,10,14-15H2,(H,26,29). The normalized spacial score (nSPS) is 19.9. The maximum Gasteiger partial charge on any atom is 0.261 e. The van der Waals surface area contributed by atoms with E-state index in [9.17, 15) is 18.3 Å². The number of anilines is 2. The molecule has 1 amide bonds. The van der Waals surface area contributed by atoms with E-state index in [0.29, 0.717) is 46.4 Å². The van der Waals surface area contributed by atoms with Crippen molar-refractivity contribution in [3.8, 4) is 0 Å². The number of rotatable bonds is 6. The second-order valence-electron chi connectivity index (χ2n) is 8.37. The Balaban J connectivity index is 1.35. The highest BCUT2D eigenvalue weighted by Crippen LogP contribution is 2.40. The molecule has 3 heterocycles. The molecule has 1 fully saturated rings. The van der Waals surface area contributed by atoms with Gasteiger partial charge in [0.2, 0.25) is 5.91 Å².